The van der Waals surface area contributed by atoms with E-state index in [2.05, 4.69) is 9.97 Å². The second-order valence-corrected chi connectivity index (χ2v) is 23.6. The monoisotopic (exact) mass is 1150 g/mol. The SMILES string of the molecule is CCC(CS(=O)(=O)c1ccccn1)N1C(=O)[C@@H](CC(=O)O)O[C@H](c2cccc(Cl)c2)[C@H]1c1ccc(Cl)cc1.CCC(CS(=O)(=O)c1ccccn1)N1C(=O)[C@H](CC(=O)O)O[C@H](c2cccc(Cl)c2)[C@H]1c1ccc(Cl)cc1. The number of amides is 2. The van der Waals surface area contributed by atoms with E-state index in [4.69, 9.17) is 55.9 Å². The van der Waals surface area contributed by atoms with Crippen molar-refractivity contribution in [3.63, 3.8) is 0 Å². The molecule has 2 fully saturated rings. The molecule has 8 rings (SSSR count). The van der Waals surface area contributed by atoms with Crippen molar-refractivity contribution < 1.29 is 55.7 Å². The summed E-state index contributed by atoms with van der Waals surface area (Å²) in [5.74, 6) is -4.45. The number of aliphatic carboxylic acids is 2. The lowest BCUT2D eigenvalue weighted by molar-refractivity contribution is -0.182. The molecular formula is C54H52Cl4N4O12S2. The molecule has 2 aliphatic heterocycles. The van der Waals surface area contributed by atoms with Gasteiger partial charge in [-0.15, -0.1) is 0 Å². The van der Waals surface area contributed by atoms with E-state index in [1.165, 1.54) is 34.3 Å². The van der Waals surface area contributed by atoms with Crippen LogP contribution in [0.2, 0.25) is 20.1 Å². The maximum absolute atomic E-state index is 13.9. The molecular weight excluding hydrogens is 1100 g/mol. The van der Waals surface area contributed by atoms with Crippen molar-refractivity contribution in [2.24, 2.45) is 0 Å². The van der Waals surface area contributed by atoms with E-state index in [1.807, 2.05) is 0 Å². The number of carbonyl (C=O) groups is 4. The molecule has 2 unspecified atom stereocenters. The highest BCUT2D eigenvalue weighted by molar-refractivity contribution is 7.91. The van der Waals surface area contributed by atoms with E-state index >= 15 is 0 Å². The van der Waals surface area contributed by atoms with Gasteiger partial charge in [0, 0.05) is 44.6 Å². The molecule has 22 heteroatoms. The molecule has 76 heavy (non-hydrogen) atoms. The third kappa shape index (κ3) is 14.0. The van der Waals surface area contributed by atoms with Gasteiger partial charge in [-0.05, 0) is 108 Å². The summed E-state index contributed by atoms with van der Waals surface area (Å²) in [6.45, 7) is 3.56. The largest absolute Gasteiger partial charge is 0.481 e. The minimum absolute atomic E-state index is 0.101. The number of carbonyl (C=O) groups excluding carboxylic acids is 2. The molecule has 8 atom stereocenters. The predicted molar refractivity (Wildman–Crippen MR) is 285 cm³/mol. The quantitative estimate of drug-likeness (QED) is 0.0816. The van der Waals surface area contributed by atoms with E-state index in [0.29, 0.717) is 42.3 Å². The van der Waals surface area contributed by atoms with E-state index in [1.54, 1.807) is 135 Å². The van der Waals surface area contributed by atoms with Crippen LogP contribution < -0.4 is 0 Å². The van der Waals surface area contributed by atoms with Gasteiger partial charge in [-0.3, -0.25) is 19.2 Å². The van der Waals surface area contributed by atoms with Gasteiger partial charge < -0.3 is 29.5 Å². The molecule has 4 aromatic carbocycles. The Morgan fingerprint density at radius 1 is 0.526 bits per heavy atom. The van der Waals surface area contributed by atoms with Gasteiger partial charge in [-0.25, -0.2) is 26.8 Å². The molecule has 2 aromatic heterocycles. The standard InChI is InChI=1S/2C27H26Cl2N2O6S/c2*1-2-21(16-38(35,36)23-8-3-4-13-30-23)31-25(17-9-11-19(28)12-10-17)26(18-6-5-7-20(29)14-18)37-22(27(31)34)15-24(32)33/h2*3-14,21-22,25-26H,2,15-16H2,1H3,(H,32,33)/t21?,22-,25+,26+;21?,22-,25-,26-/m01/s1. The van der Waals surface area contributed by atoms with Crippen molar-refractivity contribution in [3.8, 4) is 0 Å². The fourth-order valence-corrected chi connectivity index (χ4v) is 13.1. The number of morpholine rings is 2. The highest BCUT2D eigenvalue weighted by Gasteiger charge is 2.50. The molecule has 0 bridgehead atoms. The number of carboxylic acid groups (broad SMARTS) is 2. The number of hydrogen-bond acceptors (Lipinski definition) is 12. The van der Waals surface area contributed by atoms with E-state index in [9.17, 15) is 46.2 Å². The number of halogens is 4. The second kappa shape index (κ2) is 25.5. The van der Waals surface area contributed by atoms with Crippen molar-refractivity contribution in [2.75, 3.05) is 11.5 Å². The van der Waals surface area contributed by atoms with Gasteiger partial charge in [0.15, 0.2) is 29.7 Å². The summed E-state index contributed by atoms with van der Waals surface area (Å²) < 4.78 is 65.7. The van der Waals surface area contributed by atoms with Crippen LogP contribution in [0.5, 0.6) is 0 Å². The molecule has 2 N–H and O–H groups in total. The lowest BCUT2D eigenvalue weighted by Crippen LogP contribution is -2.56. The number of pyridine rings is 2. The highest BCUT2D eigenvalue weighted by atomic mass is 35.5. The van der Waals surface area contributed by atoms with Gasteiger partial charge in [0.2, 0.25) is 0 Å². The summed E-state index contributed by atoms with van der Waals surface area (Å²) in [5, 5.41) is 20.7. The van der Waals surface area contributed by atoms with Crippen molar-refractivity contribution in [2.45, 2.75) is 98.2 Å². The molecule has 2 amide bonds. The zero-order chi connectivity index (χ0) is 54.9. The molecule has 0 aliphatic carbocycles. The molecule has 0 saturated carbocycles. The van der Waals surface area contributed by atoms with E-state index < -0.39 is 116 Å². The van der Waals surface area contributed by atoms with Gasteiger partial charge in [0.25, 0.3) is 11.8 Å². The maximum atomic E-state index is 13.9. The van der Waals surface area contributed by atoms with Gasteiger partial charge in [0.1, 0.15) is 24.4 Å². The number of carboxylic acids is 2. The Labute approximate surface area is 460 Å². The molecule has 2 aliphatic rings. The van der Waals surface area contributed by atoms with Crippen molar-refractivity contribution >= 4 is 89.8 Å². The minimum Gasteiger partial charge on any atom is -0.481 e. The maximum Gasteiger partial charge on any atom is 0.306 e. The lowest BCUT2D eigenvalue weighted by atomic mass is 9.89. The predicted octanol–water partition coefficient (Wildman–Crippen LogP) is 10.3. The molecule has 2 saturated heterocycles. The van der Waals surface area contributed by atoms with Crippen molar-refractivity contribution in [1.29, 1.82) is 0 Å². The number of ether oxygens (including phenoxy) is 2. The van der Waals surface area contributed by atoms with Crippen LogP contribution >= 0.6 is 46.4 Å². The summed E-state index contributed by atoms with van der Waals surface area (Å²) >= 11 is 24.8. The molecule has 6 aromatic rings. The zero-order valence-electron chi connectivity index (χ0n) is 40.8. The Bertz CT molecular complexity index is 3020. The van der Waals surface area contributed by atoms with Crippen molar-refractivity contribution in [3.05, 3.63) is 188 Å². The minimum atomic E-state index is -3.89. The van der Waals surface area contributed by atoms with Crippen LogP contribution in [-0.2, 0) is 48.3 Å². The van der Waals surface area contributed by atoms with E-state index in [0.717, 1.165) is 0 Å². The van der Waals surface area contributed by atoms with E-state index in [-0.39, 0.29) is 22.9 Å². The van der Waals surface area contributed by atoms with Gasteiger partial charge in [-0.1, -0.05) is 121 Å². The first-order valence-corrected chi connectivity index (χ1v) is 28.7. The van der Waals surface area contributed by atoms with Crippen molar-refractivity contribution in [1.82, 2.24) is 19.8 Å². The Morgan fingerprint density at radius 2 is 0.895 bits per heavy atom. The Kier molecular flexibility index (Phi) is 19.3. The molecule has 0 spiro atoms. The van der Waals surface area contributed by atoms with Crippen LogP contribution in [0, 0.1) is 0 Å². The fourth-order valence-electron chi connectivity index (χ4n) is 9.33. The van der Waals surface area contributed by atoms with Crippen LogP contribution in [0.15, 0.2) is 156 Å². The van der Waals surface area contributed by atoms with Crippen LogP contribution in [0.25, 0.3) is 0 Å². The average molecular weight is 1150 g/mol. The topological polar surface area (TPSA) is 228 Å². The molecule has 16 nitrogen and oxygen atoms in total. The van der Waals surface area contributed by atoms with Crippen LogP contribution in [-0.4, -0.2) is 106 Å². The normalized spacial score (nSPS) is 20.8. The van der Waals surface area contributed by atoms with Crippen LogP contribution in [0.1, 0.15) is 86.1 Å². The number of benzene rings is 4. The molecule has 400 valence electrons. The number of nitrogens with zero attached hydrogens (tertiary/aromatic N) is 4. The van der Waals surface area contributed by atoms with Gasteiger partial charge >= 0.3 is 11.9 Å². The first-order valence-electron chi connectivity index (χ1n) is 23.9. The summed E-state index contributed by atoms with van der Waals surface area (Å²) in [7, 11) is -7.78. The van der Waals surface area contributed by atoms with Crippen LogP contribution in [0.4, 0.5) is 0 Å². The zero-order valence-corrected chi connectivity index (χ0v) is 45.5. The molecule has 4 heterocycles. The van der Waals surface area contributed by atoms with Gasteiger partial charge in [-0.2, -0.15) is 0 Å². The third-order valence-electron chi connectivity index (χ3n) is 12.8. The number of sulfone groups is 2. The lowest BCUT2D eigenvalue weighted by Gasteiger charge is -2.48. The Morgan fingerprint density at radius 3 is 1.20 bits per heavy atom. The number of rotatable bonds is 18. The first kappa shape index (κ1) is 57.7. The fraction of sp³-hybridized carbons (Fsp3) is 0.296. The Hall–Kier alpha value is -5.96. The second-order valence-electron chi connectivity index (χ2n) is 17.9. The number of aromatic nitrogens is 2. The highest BCUT2D eigenvalue weighted by Crippen LogP contribution is 2.47. The smallest absolute Gasteiger partial charge is 0.306 e. The summed E-state index contributed by atoms with van der Waals surface area (Å²) in [6, 6.07) is 33.4. The average Bonchev–Trinajstić information content (AvgIpc) is 3.43. The number of hydrogen-bond donors (Lipinski definition) is 2. The summed E-state index contributed by atoms with van der Waals surface area (Å²) in [4.78, 5) is 62.0. The van der Waals surface area contributed by atoms with Crippen LogP contribution in [0.3, 0.4) is 0 Å². The third-order valence-corrected chi connectivity index (χ3v) is 17.2. The summed E-state index contributed by atoms with van der Waals surface area (Å²) in [6.07, 6.45) is -2.13. The molecule has 0 radical (unpaired) electrons. The first-order chi connectivity index (χ1) is 36.2. The van der Waals surface area contributed by atoms with Gasteiger partial charge in [0.05, 0.1) is 36.4 Å². The Balaban J connectivity index is 0.000000221. The summed E-state index contributed by atoms with van der Waals surface area (Å²) in [5.41, 5.74) is 2.53.